The van der Waals surface area contributed by atoms with Gasteiger partial charge in [-0.2, -0.15) is 21.8 Å². The fourth-order valence-electron chi connectivity index (χ4n) is 4.42. The van der Waals surface area contributed by atoms with Gasteiger partial charge in [0.1, 0.15) is 12.0 Å². The molecule has 1 saturated heterocycles. The van der Waals surface area contributed by atoms with Crippen LogP contribution < -0.4 is 15.1 Å². The van der Waals surface area contributed by atoms with Crippen molar-refractivity contribution in [2.75, 3.05) is 40.2 Å². The van der Waals surface area contributed by atoms with Crippen molar-refractivity contribution < 1.29 is 0 Å². The number of hydrogen-bond acceptors (Lipinski definition) is 9. The lowest BCUT2D eigenvalue weighted by Crippen LogP contribution is -2.52. The fraction of sp³-hybridized carbons (Fsp3) is 0.421. The Morgan fingerprint density at radius 3 is 2.93 bits per heavy atom. The van der Waals surface area contributed by atoms with Gasteiger partial charge in [-0.25, -0.2) is 19.5 Å². The van der Waals surface area contributed by atoms with E-state index in [-0.39, 0.29) is 5.54 Å². The topological polar surface area (TPSA) is 86.8 Å². The maximum atomic E-state index is 4.93. The summed E-state index contributed by atoms with van der Waals surface area (Å²) in [5.41, 5.74) is 3.86. The lowest BCUT2D eigenvalue weighted by molar-refractivity contribution is 0.424. The largest absolute Gasteiger partial charge is 0.323 e. The number of hydrogen-bond donors (Lipinski definition) is 1. The third kappa shape index (κ3) is 2.44. The molecule has 0 radical (unpaired) electrons. The normalized spacial score (nSPS) is 19.6. The van der Waals surface area contributed by atoms with Gasteiger partial charge in [-0.1, -0.05) is 0 Å². The van der Waals surface area contributed by atoms with Gasteiger partial charge in [-0.15, -0.1) is 0 Å². The number of rotatable bonds is 2. The Bertz CT molecular complexity index is 1150. The number of nitrogens with zero attached hydrogens (tertiary/aromatic N) is 8. The highest BCUT2D eigenvalue weighted by Gasteiger charge is 2.51. The maximum absolute atomic E-state index is 4.93. The molecule has 3 aliphatic heterocycles. The molecule has 0 saturated carbocycles. The van der Waals surface area contributed by atoms with Gasteiger partial charge in [-0.05, 0) is 42.9 Å². The average molecular weight is 408 g/mol. The van der Waals surface area contributed by atoms with Crippen LogP contribution in [-0.2, 0) is 0 Å². The number of guanidine groups is 1. The highest BCUT2D eigenvalue weighted by Crippen LogP contribution is 2.46. The molecule has 148 valence electrons. The summed E-state index contributed by atoms with van der Waals surface area (Å²) >= 11 is 2.03. The zero-order chi connectivity index (χ0) is 19.6. The zero-order valence-electron chi connectivity index (χ0n) is 16.3. The number of fused-ring (bicyclic) bond motifs is 5. The number of aryl methyl sites for hydroxylation is 1. The van der Waals surface area contributed by atoms with E-state index in [0.717, 1.165) is 53.7 Å². The van der Waals surface area contributed by atoms with Crippen molar-refractivity contribution in [1.82, 2.24) is 24.6 Å². The summed E-state index contributed by atoms with van der Waals surface area (Å²) in [6.07, 6.45) is 7.62. The Morgan fingerprint density at radius 2 is 2.07 bits per heavy atom. The molecule has 10 heteroatoms. The lowest BCUT2D eigenvalue weighted by Gasteiger charge is -2.39. The van der Waals surface area contributed by atoms with Crippen LogP contribution in [0.5, 0.6) is 0 Å². The van der Waals surface area contributed by atoms with Crippen molar-refractivity contribution in [1.29, 1.82) is 0 Å². The van der Waals surface area contributed by atoms with Crippen LogP contribution in [0, 0.1) is 6.92 Å². The molecule has 0 aromatic carbocycles. The van der Waals surface area contributed by atoms with E-state index in [1.165, 1.54) is 11.5 Å². The molecule has 6 heterocycles. The molecule has 9 nitrogen and oxygen atoms in total. The van der Waals surface area contributed by atoms with Crippen molar-refractivity contribution in [2.24, 2.45) is 4.99 Å². The second kappa shape index (κ2) is 6.06. The van der Waals surface area contributed by atoms with Crippen molar-refractivity contribution in [2.45, 2.75) is 25.3 Å². The fourth-order valence-corrected chi connectivity index (χ4v) is 5.68. The number of anilines is 4. The first-order valence-corrected chi connectivity index (χ1v) is 10.9. The first kappa shape index (κ1) is 17.0. The second-order valence-electron chi connectivity index (χ2n) is 7.81. The summed E-state index contributed by atoms with van der Waals surface area (Å²) in [6, 6.07) is 2.00. The second-order valence-corrected chi connectivity index (χ2v) is 9.03. The zero-order valence-corrected chi connectivity index (χ0v) is 17.1. The van der Waals surface area contributed by atoms with E-state index >= 15 is 0 Å². The maximum Gasteiger partial charge on any atom is 0.229 e. The van der Waals surface area contributed by atoms with E-state index in [4.69, 9.17) is 9.98 Å². The molecule has 0 amide bonds. The molecule has 3 aliphatic rings. The molecule has 0 unspecified atom stereocenters. The predicted octanol–water partition coefficient (Wildman–Crippen LogP) is 2.46. The van der Waals surface area contributed by atoms with Gasteiger partial charge < -0.3 is 10.2 Å². The third-order valence-corrected chi connectivity index (χ3v) is 7.09. The molecule has 3 aromatic rings. The number of thioether (sulfide) groups is 1. The Labute approximate surface area is 172 Å². The van der Waals surface area contributed by atoms with Crippen LogP contribution in [0.1, 0.15) is 18.4 Å². The summed E-state index contributed by atoms with van der Waals surface area (Å²) in [6.45, 7) is 2.89. The summed E-state index contributed by atoms with van der Waals surface area (Å²) < 4.78 is 1.75. The summed E-state index contributed by atoms with van der Waals surface area (Å²) in [5.74, 6) is 4.87. The Kier molecular flexibility index (Phi) is 3.55. The Morgan fingerprint density at radius 1 is 1.21 bits per heavy atom. The standard InChI is InChI=1S/C19H21N9S/c1-12-7-15-22-11-23-27(15)9-13(12)24-17-20-8-14-16(25-17)28-18(26(14)2)21-10-19(28)3-5-29-6-4-19/h7-9,11H,3-6,10H2,1-2H3,(H,20,24,25). The van der Waals surface area contributed by atoms with Gasteiger partial charge in [0, 0.05) is 7.05 Å². The molecule has 0 bridgehead atoms. The van der Waals surface area contributed by atoms with E-state index in [1.54, 1.807) is 10.8 Å². The molecular formula is C19H21N9S. The monoisotopic (exact) mass is 407 g/mol. The first-order chi connectivity index (χ1) is 14.1. The smallest absolute Gasteiger partial charge is 0.229 e. The minimum Gasteiger partial charge on any atom is -0.323 e. The molecule has 1 fully saturated rings. The Balaban J connectivity index is 1.39. The SMILES string of the molecule is Cc1cc2ncnn2cc1Nc1ncc2c(n1)N1C(=NCC13CCSCC3)N2C. The molecule has 0 atom stereocenters. The van der Waals surface area contributed by atoms with E-state index in [0.29, 0.717) is 5.95 Å². The van der Waals surface area contributed by atoms with Gasteiger partial charge in [-0.3, -0.25) is 4.90 Å². The van der Waals surface area contributed by atoms with Gasteiger partial charge in [0.25, 0.3) is 0 Å². The number of nitrogens with one attached hydrogen (secondary N) is 1. The third-order valence-electron chi connectivity index (χ3n) is 6.10. The van der Waals surface area contributed by atoms with Crippen LogP contribution in [0.2, 0.25) is 0 Å². The summed E-state index contributed by atoms with van der Waals surface area (Å²) in [4.78, 5) is 23.1. The van der Waals surface area contributed by atoms with E-state index in [9.17, 15) is 0 Å². The summed E-state index contributed by atoms with van der Waals surface area (Å²) in [7, 11) is 2.05. The molecule has 3 aromatic heterocycles. The number of aliphatic imine (C=N–C) groups is 1. The lowest BCUT2D eigenvalue weighted by atomic mass is 9.91. The summed E-state index contributed by atoms with van der Waals surface area (Å²) in [5, 5.41) is 7.59. The minimum atomic E-state index is 0.0568. The van der Waals surface area contributed by atoms with Gasteiger partial charge in [0.2, 0.25) is 11.9 Å². The first-order valence-electron chi connectivity index (χ1n) is 9.75. The average Bonchev–Trinajstić information content (AvgIpc) is 3.39. The molecule has 1 N–H and O–H groups in total. The minimum absolute atomic E-state index is 0.0568. The van der Waals surface area contributed by atoms with Gasteiger partial charge in [0.15, 0.2) is 11.5 Å². The van der Waals surface area contributed by atoms with Crippen LogP contribution in [0.25, 0.3) is 5.65 Å². The number of aromatic nitrogens is 5. The van der Waals surface area contributed by atoms with Crippen LogP contribution in [0.4, 0.5) is 23.1 Å². The highest BCUT2D eigenvalue weighted by molar-refractivity contribution is 7.99. The van der Waals surface area contributed by atoms with E-state index in [1.807, 2.05) is 44.2 Å². The van der Waals surface area contributed by atoms with E-state index in [2.05, 4.69) is 30.2 Å². The molecular weight excluding hydrogens is 386 g/mol. The Hall–Kier alpha value is -2.88. The number of pyridine rings is 1. The van der Waals surface area contributed by atoms with Crippen LogP contribution in [0.15, 0.2) is 29.8 Å². The van der Waals surface area contributed by atoms with Gasteiger partial charge >= 0.3 is 0 Å². The van der Waals surface area contributed by atoms with Crippen molar-refractivity contribution in [3.8, 4) is 0 Å². The predicted molar refractivity (Wildman–Crippen MR) is 116 cm³/mol. The highest BCUT2D eigenvalue weighted by atomic mass is 32.2. The van der Waals surface area contributed by atoms with E-state index < -0.39 is 0 Å². The molecule has 29 heavy (non-hydrogen) atoms. The quantitative estimate of drug-likeness (QED) is 0.693. The van der Waals surface area contributed by atoms with Crippen LogP contribution >= 0.6 is 11.8 Å². The molecule has 0 aliphatic carbocycles. The van der Waals surface area contributed by atoms with Crippen LogP contribution in [0.3, 0.4) is 0 Å². The van der Waals surface area contributed by atoms with Crippen LogP contribution in [-0.4, -0.2) is 61.2 Å². The van der Waals surface area contributed by atoms with Crippen molar-refractivity contribution >= 4 is 46.5 Å². The van der Waals surface area contributed by atoms with Crippen molar-refractivity contribution in [3.05, 3.63) is 30.4 Å². The van der Waals surface area contributed by atoms with Crippen molar-refractivity contribution in [3.63, 3.8) is 0 Å². The van der Waals surface area contributed by atoms with Gasteiger partial charge in [0.05, 0.1) is 30.2 Å². The molecule has 6 rings (SSSR count). The molecule has 1 spiro atoms.